The first-order valence-electron chi connectivity index (χ1n) is 4.44. The monoisotopic (exact) mass is 188 g/mol. The van der Waals surface area contributed by atoms with E-state index in [2.05, 4.69) is 4.98 Å². The highest BCUT2D eigenvalue weighted by atomic mass is 16.3. The fraction of sp³-hybridized carbons (Fsp3) is 0.182. The number of nitrogens with two attached hydrogens (primary N) is 1. The van der Waals surface area contributed by atoms with Crippen LogP contribution in [-0.2, 0) is 5.54 Å². The van der Waals surface area contributed by atoms with Crippen LogP contribution in [0.4, 0.5) is 0 Å². The molecular weight excluding hydrogens is 176 g/mol. The van der Waals surface area contributed by atoms with Crippen LogP contribution in [-0.4, -0.2) is 4.98 Å². The molecule has 14 heavy (non-hydrogen) atoms. The van der Waals surface area contributed by atoms with Gasteiger partial charge in [-0.2, -0.15) is 0 Å². The number of rotatable bonds is 2. The molecule has 0 aromatic carbocycles. The van der Waals surface area contributed by atoms with Crippen molar-refractivity contribution >= 4 is 0 Å². The molecule has 0 saturated heterocycles. The van der Waals surface area contributed by atoms with E-state index in [-0.39, 0.29) is 0 Å². The summed E-state index contributed by atoms with van der Waals surface area (Å²) in [6, 6.07) is 7.50. The summed E-state index contributed by atoms with van der Waals surface area (Å²) in [5, 5.41) is 0. The number of nitrogens with zero attached hydrogens (tertiary/aromatic N) is 1. The Morgan fingerprint density at radius 3 is 2.79 bits per heavy atom. The van der Waals surface area contributed by atoms with Crippen molar-refractivity contribution in [3.05, 3.63) is 54.2 Å². The first kappa shape index (κ1) is 8.97. The lowest BCUT2D eigenvalue weighted by Gasteiger charge is -2.21. The van der Waals surface area contributed by atoms with Gasteiger partial charge in [-0.1, -0.05) is 6.07 Å². The smallest absolute Gasteiger partial charge is 0.127 e. The quantitative estimate of drug-likeness (QED) is 0.783. The van der Waals surface area contributed by atoms with Crippen molar-refractivity contribution in [3.63, 3.8) is 0 Å². The van der Waals surface area contributed by atoms with Crippen LogP contribution in [0.5, 0.6) is 0 Å². The van der Waals surface area contributed by atoms with E-state index in [9.17, 15) is 0 Å². The molecule has 0 bridgehead atoms. The Hall–Kier alpha value is -1.61. The van der Waals surface area contributed by atoms with Crippen LogP contribution >= 0.6 is 0 Å². The van der Waals surface area contributed by atoms with Gasteiger partial charge in [-0.05, 0) is 30.7 Å². The molecule has 1 atom stereocenters. The number of hydrogen-bond acceptors (Lipinski definition) is 3. The minimum atomic E-state index is -0.613. The molecule has 0 saturated carbocycles. The Kier molecular flexibility index (Phi) is 2.09. The number of pyridine rings is 1. The highest BCUT2D eigenvalue weighted by Gasteiger charge is 2.26. The summed E-state index contributed by atoms with van der Waals surface area (Å²) in [6.45, 7) is 1.91. The molecule has 2 aromatic rings. The highest BCUT2D eigenvalue weighted by molar-refractivity contribution is 5.29. The summed E-state index contributed by atoms with van der Waals surface area (Å²) in [5.74, 6) is 0.741. The molecule has 0 radical (unpaired) electrons. The van der Waals surface area contributed by atoms with Gasteiger partial charge in [-0.15, -0.1) is 0 Å². The first-order chi connectivity index (χ1) is 6.71. The number of aromatic nitrogens is 1. The van der Waals surface area contributed by atoms with Crippen molar-refractivity contribution in [2.24, 2.45) is 5.73 Å². The maximum atomic E-state index is 6.17. The predicted octanol–water partition coefficient (Wildman–Crippen LogP) is 1.90. The van der Waals surface area contributed by atoms with Gasteiger partial charge in [0.15, 0.2) is 0 Å². The molecule has 2 N–H and O–H groups in total. The number of hydrogen-bond donors (Lipinski definition) is 1. The van der Waals surface area contributed by atoms with Gasteiger partial charge in [0.2, 0.25) is 0 Å². The minimum absolute atomic E-state index is 0.613. The van der Waals surface area contributed by atoms with Crippen LogP contribution in [0, 0.1) is 0 Å². The van der Waals surface area contributed by atoms with Crippen LogP contribution in [0.25, 0.3) is 0 Å². The lowest BCUT2D eigenvalue weighted by molar-refractivity contribution is 0.416. The molecule has 3 nitrogen and oxygen atoms in total. The molecule has 0 aliphatic rings. The lowest BCUT2D eigenvalue weighted by atomic mass is 9.92. The highest BCUT2D eigenvalue weighted by Crippen LogP contribution is 2.25. The average molecular weight is 188 g/mol. The van der Waals surface area contributed by atoms with E-state index in [1.807, 2.05) is 31.2 Å². The van der Waals surface area contributed by atoms with Gasteiger partial charge < -0.3 is 10.2 Å². The normalized spacial score (nSPS) is 15.0. The van der Waals surface area contributed by atoms with E-state index >= 15 is 0 Å². The van der Waals surface area contributed by atoms with E-state index in [1.165, 1.54) is 0 Å². The van der Waals surface area contributed by atoms with Crippen LogP contribution in [0.15, 0.2) is 47.3 Å². The summed E-state index contributed by atoms with van der Waals surface area (Å²) in [5.41, 5.74) is 6.50. The molecule has 2 aromatic heterocycles. The molecule has 72 valence electrons. The third-order valence-electron chi connectivity index (χ3n) is 2.29. The van der Waals surface area contributed by atoms with E-state index in [1.54, 1.807) is 18.7 Å². The van der Waals surface area contributed by atoms with E-state index in [0.717, 1.165) is 11.3 Å². The maximum Gasteiger partial charge on any atom is 0.127 e. The largest absolute Gasteiger partial charge is 0.467 e. The van der Waals surface area contributed by atoms with Crippen molar-refractivity contribution in [2.75, 3.05) is 0 Å². The zero-order valence-corrected chi connectivity index (χ0v) is 7.97. The molecular formula is C11H12N2O. The molecule has 0 spiro atoms. The van der Waals surface area contributed by atoms with Crippen molar-refractivity contribution in [3.8, 4) is 0 Å². The Balaban J connectivity index is 2.43. The first-order valence-corrected chi connectivity index (χ1v) is 4.44. The third-order valence-corrected chi connectivity index (χ3v) is 2.29. The van der Waals surface area contributed by atoms with Crippen LogP contribution in [0.3, 0.4) is 0 Å². The van der Waals surface area contributed by atoms with Gasteiger partial charge in [-0.25, -0.2) is 0 Å². The van der Waals surface area contributed by atoms with Gasteiger partial charge in [0.25, 0.3) is 0 Å². The fourth-order valence-corrected chi connectivity index (χ4v) is 1.39. The van der Waals surface area contributed by atoms with Crippen molar-refractivity contribution in [2.45, 2.75) is 12.5 Å². The van der Waals surface area contributed by atoms with E-state index in [4.69, 9.17) is 10.2 Å². The van der Waals surface area contributed by atoms with Crippen LogP contribution in [0.1, 0.15) is 18.2 Å². The van der Waals surface area contributed by atoms with Gasteiger partial charge >= 0.3 is 0 Å². The minimum Gasteiger partial charge on any atom is -0.467 e. The molecule has 2 heterocycles. The SMILES string of the molecule is CC(N)(c1cccnc1)c1ccco1. The Morgan fingerprint density at radius 1 is 1.36 bits per heavy atom. The molecule has 0 amide bonds. The fourth-order valence-electron chi connectivity index (χ4n) is 1.39. The van der Waals surface area contributed by atoms with Gasteiger partial charge in [0.1, 0.15) is 5.76 Å². The Bertz CT molecular complexity index is 392. The summed E-state index contributed by atoms with van der Waals surface area (Å²) >= 11 is 0. The molecule has 3 heteroatoms. The zero-order chi connectivity index (χ0) is 10.0. The molecule has 0 aliphatic heterocycles. The topological polar surface area (TPSA) is 52.0 Å². The second kappa shape index (κ2) is 3.27. The third kappa shape index (κ3) is 1.42. The van der Waals surface area contributed by atoms with Crippen molar-refractivity contribution in [1.29, 1.82) is 0 Å². The van der Waals surface area contributed by atoms with Crippen LogP contribution in [0.2, 0.25) is 0 Å². The Morgan fingerprint density at radius 2 is 2.21 bits per heavy atom. The van der Waals surface area contributed by atoms with Gasteiger partial charge in [0.05, 0.1) is 11.8 Å². The lowest BCUT2D eigenvalue weighted by Crippen LogP contribution is -2.33. The molecule has 2 rings (SSSR count). The second-order valence-corrected chi connectivity index (χ2v) is 3.42. The van der Waals surface area contributed by atoms with Gasteiger partial charge in [-0.3, -0.25) is 4.98 Å². The zero-order valence-electron chi connectivity index (χ0n) is 7.97. The molecule has 1 unspecified atom stereocenters. The maximum absolute atomic E-state index is 6.17. The standard InChI is InChI=1S/C11H12N2O/c1-11(12,10-5-3-7-14-10)9-4-2-6-13-8-9/h2-8H,12H2,1H3. The van der Waals surface area contributed by atoms with Crippen LogP contribution < -0.4 is 5.73 Å². The molecule has 0 fully saturated rings. The van der Waals surface area contributed by atoms with E-state index in [0.29, 0.717) is 0 Å². The molecule has 0 aliphatic carbocycles. The summed E-state index contributed by atoms with van der Waals surface area (Å²) in [7, 11) is 0. The second-order valence-electron chi connectivity index (χ2n) is 3.42. The Labute approximate surface area is 82.6 Å². The summed E-state index contributed by atoms with van der Waals surface area (Å²) in [4.78, 5) is 4.04. The van der Waals surface area contributed by atoms with Crippen molar-refractivity contribution < 1.29 is 4.42 Å². The average Bonchev–Trinajstić information content (AvgIpc) is 2.72. The summed E-state index contributed by atoms with van der Waals surface area (Å²) < 4.78 is 5.30. The van der Waals surface area contributed by atoms with E-state index < -0.39 is 5.54 Å². The summed E-state index contributed by atoms with van der Waals surface area (Å²) in [6.07, 6.45) is 5.10. The van der Waals surface area contributed by atoms with Gasteiger partial charge in [0, 0.05) is 12.4 Å². The predicted molar refractivity (Wildman–Crippen MR) is 53.6 cm³/mol. The van der Waals surface area contributed by atoms with Crippen molar-refractivity contribution in [1.82, 2.24) is 4.98 Å². The number of furan rings is 1.